The van der Waals surface area contributed by atoms with Gasteiger partial charge in [0.15, 0.2) is 0 Å². The van der Waals surface area contributed by atoms with Crippen molar-refractivity contribution >= 4 is 11.7 Å². The van der Waals surface area contributed by atoms with E-state index in [1.165, 1.54) is 22.8 Å². The Morgan fingerprint density at radius 1 is 1.09 bits per heavy atom. The Kier molecular flexibility index (Phi) is 6.24. The summed E-state index contributed by atoms with van der Waals surface area (Å²) < 4.78 is 61.1. The van der Waals surface area contributed by atoms with Crippen LogP contribution < -0.4 is 10.1 Å². The third-order valence-corrected chi connectivity index (χ3v) is 6.54. The van der Waals surface area contributed by atoms with E-state index in [4.69, 9.17) is 4.74 Å². The molecule has 2 aromatic rings. The molecule has 1 aromatic heterocycles. The van der Waals surface area contributed by atoms with Crippen molar-refractivity contribution in [3.8, 4) is 5.75 Å². The summed E-state index contributed by atoms with van der Waals surface area (Å²) in [6, 6.07) is 6.94. The fourth-order valence-electron chi connectivity index (χ4n) is 5.20. The molecule has 0 unspecified atom stereocenters. The highest BCUT2D eigenvalue weighted by Crippen LogP contribution is 2.41. The van der Waals surface area contributed by atoms with Gasteiger partial charge in [-0.25, -0.2) is 4.39 Å². The molecule has 190 valence electrons. The molecule has 2 aliphatic heterocycles. The minimum atomic E-state index is -4.97. The van der Waals surface area contributed by atoms with Crippen molar-refractivity contribution in [2.24, 2.45) is 0 Å². The molecular formula is C25H29F4N3O3. The zero-order valence-electron chi connectivity index (χ0n) is 20.1. The number of fused-ring (bicyclic) bond motifs is 2. The lowest BCUT2D eigenvalue weighted by atomic mass is 9.79. The smallest absolute Gasteiger partial charge is 0.456 e. The molecule has 0 atom stereocenters. The first kappa shape index (κ1) is 25.2. The molecule has 0 radical (unpaired) electrons. The molecule has 3 heterocycles. The van der Waals surface area contributed by atoms with E-state index < -0.39 is 34.8 Å². The van der Waals surface area contributed by atoms with E-state index in [2.05, 4.69) is 5.32 Å². The lowest BCUT2D eigenvalue weighted by Crippen LogP contribution is -2.63. The predicted octanol–water partition coefficient (Wildman–Crippen LogP) is 4.67. The molecule has 1 amide bonds. The van der Waals surface area contributed by atoms with Gasteiger partial charge in [0, 0.05) is 36.9 Å². The molecular weight excluding hydrogens is 466 g/mol. The summed E-state index contributed by atoms with van der Waals surface area (Å²) >= 11 is 0. The number of ether oxygens (including phenoxy) is 1. The third-order valence-electron chi connectivity index (χ3n) is 6.54. The van der Waals surface area contributed by atoms with Gasteiger partial charge in [-0.2, -0.15) is 13.2 Å². The molecule has 0 bridgehead atoms. The number of alkyl halides is 3. The molecule has 0 aliphatic carbocycles. The third kappa shape index (κ3) is 4.80. The second-order valence-corrected chi connectivity index (χ2v) is 10.2. The van der Waals surface area contributed by atoms with Gasteiger partial charge in [0.2, 0.25) is 0 Å². The molecule has 1 fully saturated rings. The summed E-state index contributed by atoms with van der Waals surface area (Å²) in [5.41, 5.74) is -1.15. The van der Waals surface area contributed by atoms with E-state index in [1.54, 1.807) is 17.0 Å². The Balaban J connectivity index is 1.56. The second kappa shape index (κ2) is 8.65. The molecule has 1 aromatic carbocycles. The quantitative estimate of drug-likeness (QED) is 0.495. The van der Waals surface area contributed by atoms with Crippen molar-refractivity contribution in [3.63, 3.8) is 0 Å². The van der Waals surface area contributed by atoms with Gasteiger partial charge in [-0.1, -0.05) is 0 Å². The molecule has 1 saturated heterocycles. The van der Waals surface area contributed by atoms with Crippen molar-refractivity contribution < 1.29 is 31.9 Å². The predicted molar refractivity (Wildman–Crippen MR) is 121 cm³/mol. The number of carbonyl (C=O) groups is 2. The van der Waals surface area contributed by atoms with Crippen molar-refractivity contribution in [2.75, 3.05) is 13.1 Å². The van der Waals surface area contributed by atoms with E-state index in [0.717, 1.165) is 0 Å². The normalized spacial score (nSPS) is 19.1. The Hall–Kier alpha value is -2.88. The second-order valence-electron chi connectivity index (χ2n) is 10.2. The van der Waals surface area contributed by atoms with Crippen molar-refractivity contribution in [1.29, 1.82) is 0 Å². The number of hydrogen-bond acceptors (Lipinski definition) is 4. The van der Waals surface area contributed by atoms with Crippen molar-refractivity contribution in [1.82, 2.24) is 14.8 Å². The van der Waals surface area contributed by atoms with Gasteiger partial charge in [-0.15, -0.1) is 0 Å². The monoisotopic (exact) mass is 495 g/mol. The zero-order valence-corrected chi connectivity index (χ0v) is 20.1. The number of ketones is 1. The van der Waals surface area contributed by atoms with Gasteiger partial charge in [0.25, 0.3) is 11.7 Å². The molecule has 0 saturated carbocycles. The Bertz CT molecular complexity index is 1150. The Labute approximate surface area is 201 Å². The first-order valence-electron chi connectivity index (χ1n) is 11.6. The van der Waals surface area contributed by atoms with E-state index in [1.807, 2.05) is 27.7 Å². The van der Waals surface area contributed by atoms with Crippen LogP contribution in [0.4, 0.5) is 17.6 Å². The highest BCUT2D eigenvalue weighted by molar-refractivity contribution is 5.99. The van der Waals surface area contributed by atoms with Gasteiger partial charge in [0.1, 0.15) is 11.6 Å². The largest absolute Gasteiger partial charge is 0.491 e. The molecule has 4 rings (SSSR count). The number of aromatic nitrogens is 1. The maximum Gasteiger partial charge on any atom is 0.456 e. The minimum Gasteiger partial charge on any atom is -0.491 e. The van der Waals surface area contributed by atoms with Gasteiger partial charge in [0.05, 0.1) is 22.9 Å². The average molecular weight is 496 g/mol. The van der Waals surface area contributed by atoms with Gasteiger partial charge in [-0.3, -0.25) is 14.9 Å². The number of rotatable bonds is 4. The van der Waals surface area contributed by atoms with Crippen LogP contribution in [0.15, 0.2) is 30.3 Å². The summed E-state index contributed by atoms with van der Waals surface area (Å²) in [5, 5.41) is 3.55. The van der Waals surface area contributed by atoms with E-state index in [-0.39, 0.29) is 37.0 Å². The summed E-state index contributed by atoms with van der Waals surface area (Å²) in [7, 11) is 0. The number of piperidine rings is 1. The van der Waals surface area contributed by atoms with Crippen LogP contribution in [-0.2, 0) is 12.1 Å². The van der Waals surface area contributed by atoms with E-state index in [9.17, 15) is 27.2 Å². The maximum absolute atomic E-state index is 14.7. The van der Waals surface area contributed by atoms with Crippen LogP contribution in [-0.4, -0.2) is 52.1 Å². The van der Waals surface area contributed by atoms with Crippen LogP contribution in [0.2, 0.25) is 0 Å². The standard InChI is InChI=1S/C25H29F4N3O3/c1-15(2)35-16-5-6-17(18(26)13-16)22(34)31-11-9-24(10-12-31)20-8-7-19(21(33)25(27,28)29)32(20)14-23(3,4)30-24/h5-8,13,15,30H,9-12,14H2,1-4H3. The SMILES string of the molecule is CC(C)Oc1ccc(C(=O)N2CCC3(CC2)NC(C)(C)Cn2c(C(=O)C(F)(F)F)ccc23)c(F)c1. The Morgan fingerprint density at radius 3 is 2.31 bits per heavy atom. The first-order chi connectivity index (χ1) is 16.2. The molecule has 35 heavy (non-hydrogen) atoms. The number of nitrogens with zero attached hydrogens (tertiary/aromatic N) is 2. The molecule has 1 spiro atoms. The number of halogens is 4. The summed E-state index contributed by atoms with van der Waals surface area (Å²) in [4.78, 5) is 26.6. The molecule has 10 heteroatoms. The lowest BCUT2D eigenvalue weighted by Gasteiger charge is -2.51. The topological polar surface area (TPSA) is 63.6 Å². The zero-order chi connectivity index (χ0) is 25.8. The molecule has 1 N–H and O–H groups in total. The van der Waals surface area contributed by atoms with Crippen LogP contribution in [0.5, 0.6) is 5.75 Å². The fraction of sp³-hybridized carbons (Fsp3) is 0.520. The maximum atomic E-state index is 14.7. The van der Waals surface area contributed by atoms with Crippen LogP contribution in [0.1, 0.15) is 67.1 Å². The number of nitrogens with one attached hydrogen (secondary N) is 1. The van der Waals surface area contributed by atoms with Gasteiger partial charge >= 0.3 is 6.18 Å². The summed E-state index contributed by atoms with van der Waals surface area (Å²) in [6.45, 7) is 8.13. The number of carbonyl (C=O) groups excluding carboxylic acids is 2. The van der Waals surface area contributed by atoms with Crippen LogP contribution in [0.25, 0.3) is 0 Å². The van der Waals surface area contributed by atoms with Crippen molar-refractivity contribution in [2.45, 2.75) is 70.4 Å². The Morgan fingerprint density at radius 2 is 1.74 bits per heavy atom. The minimum absolute atomic E-state index is 0.0598. The van der Waals surface area contributed by atoms with E-state index >= 15 is 0 Å². The number of Topliss-reactive ketones (excluding diaryl/α,β-unsaturated/α-hetero) is 1. The molecule has 2 aliphatic rings. The van der Waals surface area contributed by atoms with Crippen LogP contribution >= 0.6 is 0 Å². The van der Waals surface area contributed by atoms with E-state index in [0.29, 0.717) is 24.3 Å². The number of likely N-dealkylation sites (tertiary alicyclic amines) is 1. The first-order valence-corrected chi connectivity index (χ1v) is 11.6. The molecule has 6 nitrogen and oxygen atoms in total. The lowest BCUT2D eigenvalue weighted by molar-refractivity contribution is -0.0892. The number of benzene rings is 1. The van der Waals surface area contributed by atoms with Crippen molar-refractivity contribution in [3.05, 3.63) is 53.1 Å². The highest BCUT2D eigenvalue weighted by atomic mass is 19.4. The summed E-state index contributed by atoms with van der Waals surface area (Å²) in [6.07, 6.45) is -4.29. The van der Waals surface area contributed by atoms with Crippen LogP contribution in [0.3, 0.4) is 0 Å². The van der Waals surface area contributed by atoms with Crippen LogP contribution in [0, 0.1) is 5.82 Å². The number of hydrogen-bond donors (Lipinski definition) is 1. The average Bonchev–Trinajstić information content (AvgIpc) is 3.15. The van der Waals surface area contributed by atoms with Gasteiger partial charge in [-0.05, 0) is 64.8 Å². The van der Waals surface area contributed by atoms with Gasteiger partial charge < -0.3 is 14.2 Å². The highest BCUT2D eigenvalue weighted by Gasteiger charge is 2.49. The fourth-order valence-corrected chi connectivity index (χ4v) is 5.20. The summed E-state index contributed by atoms with van der Waals surface area (Å²) in [5.74, 6) is -2.66. The number of amides is 1.